The first-order valence-corrected chi connectivity index (χ1v) is 8.33. The van der Waals surface area contributed by atoms with Crippen molar-refractivity contribution in [2.24, 2.45) is 23.5 Å². The van der Waals surface area contributed by atoms with Gasteiger partial charge in [0.25, 0.3) is 0 Å². The number of carbonyl (C=O) groups is 1. The van der Waals surface area contributed by atoms with Crippen LogP contribution in [0.5, 0.6) is 0 Å². The lowest BCUT2D eigenvalue weighted by molar-refractivity contribution is -0.125. The fourth-order valence-corrected chi connectivity index (χ4v) is 4.53. The standard InChI is InChI=1S/C16H28N2O2/c17-16(19)11-20-15-5-7-18(8-6-15)10-14-9-12-1-3-13(14)4-2-12/h12-15H,1-11H2,(H2,17,19). The second-order valence-corrected chi connectivity index (χ2v) is 7.05. The van der Waals surface area contributed by atoms with Gasteiger partial charge in [0.05, 0.1) is 6.10 Å². The number of fused-ring (bicyclic) bond motifs is 3. The topological polar surface area (TPSA) is 55.6 Å². The molecule has 2 bridgehead atoms. The number of hydrogen-bond donors (Lipinski definition) is 1. The normalized spacial score (nSPS) is 35.3. The Kier molecular flexibility index (Phi) is 4.61. The Labute approximate surface area is 122 Å². The largest absolute Gasteiger partial charge is 0.368 e. The zero-order valence-electron chi connectivity index (χ0n) is 12.4. The van der Waals surface area contributed by atoms with Crippen LogP contribution in [0.1, 0.15) is 44.9 Å². The molecule has 1 heterocycles. The van der Waals surface area contributed by atoms with Crippen molar-refractivity contribution in [3.8, 4) is 0 Å². The summed E-state index contributed by atoms with van der Waals surface area (Å²) in [4.78, 5) is 13.3. The van der Waals surface area contributed by atoms with Crippen LogP contribution in [0.15, 0.2) is 0 Å². The van der Waals surface area contributed by atoms with Crippen molar-refractivity contribution in [2.75, 3.05) is 26.2 Å². The summed E-state index contributed by atoms with van der Waals surface area (Å²) in [7, 11) is 0. The summed E-state index contributed by atoms with van der Waals surface area (Å²) >= 11 is 0. The molecule has 0 aromatic heterocycles. The second-order valence-electron chi connectivity index (χ2n) is 7.05. The van der Waals surface area contributed by atoms with Crippen LogP contribution in [0.4, 0.5) is 0 Å². The molecule has 1 amide bonds. The molecule has 1 aliphatic heterocycles. The van der Waals surface area contributed by atoms with E-state index in [1.54, 1.807) is 0 Å². The fourth-order valence-electron chi connectivity index (χ4n) is 4.53. The lowest BCUT2D eigenvalue weighted by atomic mass is 9.64. The molecule has 4 aliphatic rings. The Balaban J connectivity index is 1.39. The van der Waals surface area contributed by atoms with Crippen molar-refractivity contribution in [2.45, 2.75) is 51.0 Å². The van der Waals surface area contributed by atoms with E-state index >= 15 is 0 Å². The lowest BCUT2D eigenvalue weighted by Crippen LogP contribution is -2.44. The van der Waals surface area contributed by atoms with E-state index in [0.29, 0.717) is 0 Å². The molecule has 4 heteroatoms. The first-order chi connectivity index (χ1) is 9.70. The van der Waals surface area contributed by atoms with E-state index in [1.807, 2.05) is 0 Å². The van der Waals surface area contributed by atoms with E-state index in [2.05, 4.69) is 4.90 Å². The van der Waals surface area contributed by atoms with Crippen LogP contribution in [-0.4, -0.2) is 43.2 Å². The van der Waals surface area contributed by atoms with E-state index in [0.717, 1.165) is 43.7 Å². The molecule has 2 N–H and O–H groups in total. The highest BCUT2D eigenvalue weighted by molar-refractivity contribution is 5.75. The van der Waals surface area contributed by atoms with Gasteiger partial charge in [-0.15, -0.1) is 0 Å². The summed E-state index contributed by atoms with van der Waals surface area (Å²) in [5, 5.41) is 0. The SMILES string of the molecule is NC(=O)COC1CCN(CC2CC3CCC2CC3)CC1. The first kappa shape index (κ1) is 14.3. The number of hydrogen-bond acceptors (Lipinski definition) is 3. The number of piperidine rings is 1. The van der Waals surface area contributed by atoms with E-state index in [4.69, 9.17) is 10.5 Å². The molecule has 4 rings (SSSR count). The van der Waals surface area contributed by atoms with Gasteiger partial charge in [0.15, 0.2) is 0 Å². The molecule has 1 atom stereocenters. The third-order valence-corrected chi connectivity index (χ3v) is 5.68. The Bertz CT molecular complexity index is 331. The van der Waals surface area contributed by atoms with Crippen molar-refractivity contribution < 1.29 is 9.53 Å². The van der Waals surface area contributed by atoms with Gasteiger partial charge in [0, 0.05) is 19.6 Å². The summed E-state index contributed by atoms with van der Waals surface area (Å²) in [6, 6.07) is 0. The van der Waals surface area contributed by atoms with Gasteiger partial charge >= 0.3 is 0 Å². The smallest absolute Gasteiger partial charge is 0.243 e. The molecule has 0 aromatic rings. The Hall–Kier alpha value is -0.610. The van der Waals surface area contributed by atoms with Crippen molar-refractivity contribution in [3.05, 3.63) is 0 Å². The van der Waals surface area contributed by atoms with Crippen LogP contribution >= 0.6 is 0 Å². The second kappa shape index (κ2) is 6.44. The third-order valence-electron chi connectivity index (χ3n) is 5.68. The van der Waals surface area contributed by atoms with Crippen molar-refractivity contribution in [1.82, 2.24) is 4.90 Å². The fraction of sp³-hybridized carbons (Fsp3) is 0.938. The summed E-state index contributed by atoms with van der Waals surface area (Å²) in [5.41, 5.74) is 5.12. The van der Waals surface area contributed by atoms with Gasteiger partial charge in [-0.2, -0.15) is 0 Å². The van der Waals surface area contributed by atoms with Gasteiger partial charge in [-0.3, -0.25) is 4.79 Å². The maximum atomic E-state index is 10.7. The minimum absolute atomic E-state index is 0.0804. The number of nitrogens with zero attached hydrogens (tertiary/aromatic N) is 1. The number of amides is 1. The van der Waals surface area contributed by atoms with Crippen molar-refractivity contribution in [3.63, 3.8) is 0 Å². The van der Waals surface area contributed by atoms with Gasteiger partial charge in [0.2, 0.25) is 5.91 Å². The molecule has 4 fully saturated rings. The zero-order chi connectivity index (χ0) is 13.9. The molecule has 3 aliphatic carbocycles. The van der Waals surface area contributed by atoms with Crippen LogP contribution in [0.3, 0.4) is 0 Å². The molecule has 20 heavy (non-hydrogen) atoms. The Morgan fingerprint density at radius 2 is 1.80 bits per heavy atom. The maximum absolute atomic E-state index is 10.7. The van der Waals surface area contributed by atoms with Crippen LogP contribution in [-0.2, 0) is 9.53 Å². The van der Waals surface area contributed by atoms with Crippen molar-refractivity contribution >= 4 is 5.91 Å². The maximum Gasteiger partial charge on any atom is 0.243 e. The summed E-state index contributed by atoms with van der Waals surface area (Å²) in [5.74, 6) is 2.63. The van der Waals surface area contributed by atoms with E-state index in [1.165, 1.54) is 38.6 Å². The van der Waals surface area contributed by atoms with E-state index in [9.17, 15) is 4.79 Å². The van der Waals surface area contributed by atoms with E-state index < -0.39 is 0 Å². The molecule has 0 spiro atoms. The summed E-state index contributed by atoms with van der Waals surface area (Å²) in [6.07, 6.45) is 9.75. The molecule has 1 saturated heterocycles. The van der Waals surface area contributed by atoms with Crippen LogP contribution < -0.4 is 5.73 Å². The first-order valence-electron chi connectivity index (χ1n) is 8.33. The van der Waals surface area contributed by atoms with Crippen molar-refractivity contribution in [1.29, 1.82) is 0 Å². The van der Waals surface area contributed by atoms with Crippen LogP contribution in [0, 0.1) is 17.8 Å². The monoisotopic (exact) mass is 280 g/mol. The summed E-state index contributed by atoms with van der Waals surface area (Å²) in [6.45, 7) is 3.62. The molecule has 3 saturated carbocycles. The van der Waals surface area contributed by atoms with Gasteiger partial charge in [0.1, 0.15) is 6.61 Å². The minimum atomic E-state index is -0.356. The number of rotatable bonds is 5. The number of ether oxygens (including phenoxy) is 1. The number of nitrogens with two attached hydrogens (primary N) is 1. The number of likely N-dealkylation sites (tertiary alicyclic amines) is 1. The van der Waals surface area contributed by atoms with Gasteiger partial charge in [-0.1, -0.05) is 12.8 Å². The molecule has 4 nitrogen and oxygen atoms in total. The Morgan fingerprint density at radius 1 is 1.10 bits per heavy atom. The minimum Gasteiger partial charge on any atom is -0.368 e. The Morgan fingerprint density at radius 3 is 2.35 bits per heavy atom. The highest BCUT2D eigenvalue weighted by Crippen LogP contribution is 2.45. The van der Waals surface area contributed by atoms with Crippen LogP contribution in [0.2, 0.25) is 0 Å². The average Bonchev–Trinajstić information content (AvgIpc) is 2.48. The quantitative estimate of drug-likeness (QED) is 0.835. The highest BCUT2D eigenvalue weighted by Gasteiger charge is 2.36. The van der Waals surface area contributed by atoms with Gasteiger partial charge in [-0.25, -0.2) is 0 Å². The number of primary amides is 1. The van der Waals surface area contributed by atoms with Gasteiger partial charge in [-0.05, 0) is 49.9 Å². The predicted molar refractivity (Wildman–Crippen MR) is 78.2 cm³/mol. The predicted octanol–water partition coefficient (Wildman–Crippen LogP) is 1.78. The molecule has 0 radical (unpaired) electrons. The highest BCUT2D eigenvalue weighted by atomic mass is 16.5. The zero-order valence-corrected chi connectivity index (χ0v) is 12.4. The molecule has 1 unspecified atom stereocenters. The molecule has 114 valence electrons. The lowest BCUT2D eigenvalue weighted by Gasteiger charge is -2.45. The molecular formula is C16H28N2O2. The third kappa shape index (κ3) is 3.53. The van der Waals surface area contributed by atoms with E-state index in [-0.39, 0.29) is 18.6 Å². The molecule has 0 aromatic carbocycles. The average molecular weight is 280 g/mol. The number of carbonyl (C=O) groups excluding carboxylic acids is 1. The van der Waals surface area contributed by atoms with Crippen LogP contribution in [0.25, 0.3) is 0 Å². The molecular weight excluding hydrogens is 252 g/mol. The summed E-state index contributed by atoms with van der Waals surface area (Å²) < 4.78 is 5.53. The van der Waals surface area contributed by atoms with Gasteiger partial charge < -0.3 is 15.4 Å².